The molecule has 1 fully saturated rings. The number of carbonyl (C=O) groups excluding carboxylic acids is 1. The van der Waals surface area contributed by atoms with Gasteiger partial charge >= 0.3 is 0 Å². The third kappa shape index (κ3) is 3.99. The van der Waals surface area contributed by atoms with Gasteiger partial charge in [0.2, 0.25) is 0 Å². The number of rotatable bonds is 4. The predicted octanol–water partition coefficient (Wildman–Crippen LogP) is 3.42. The Morgan fingerprint density at radius 1 is 1.20 bits per heavy atom. The van der Waals surface area contributed by atoms with Crippen LogP contribution in [-0.2, 0) is 0 Å². The highest BCUT2D eigenvalue weighted by molar-refractivity contribution is 5.94. The minimum Gasteiger partial charge on any atom is -0.497 e. The number of likely N-dealkylation sites (tertiary alicyclic amines) is 1. The molecule has 0 spiro atoms. The van der Waals surface area contributed by atoms with Crippen LogP contribution in [0.5, 0.6) is 5.75 Å². The number of nitrogens with zero attached hydrogens (tertiary/aromatic N) is 1. The quantitative estimate of drug-likeness (QED) is 0.925. The molecule has 1 amide bonds. The van der Waals surface area contributed by atoms with Gasteiger partial charge in [-0.25, -0.2) is 4.39 Å². The van der Waals surface area contributed by atoms with Crippen LogP contribution in [0.4, 0.5) is 4.39 Å². The van der Waals surface area contributed by atoms with E-state index in [2.05, 4.69) is 0 Å². The van der Waals surface area contributed by atoms with Crippen molar-refractivity contribution in [3.63, 3.8) is 0 Å². The number of halogens is 1. The maximum Gasteiger partial charge on any atom is 0.253 e. The molecule has 0 aromatic heterocycles. The Balaban J connectivity index is 1.61. The Morgan fingerprint density at radius 3 is 2.52 bits per heavy atom. The van der Waals surface area contributed by atoms with Crippen LogP contribution < -0.4 is 4.74 Å². The van der Waals surface area contributed by atoms with Gasteiger partial charge in [0.25, 0.3) is 5.91 Å². The molecule has 5 heteroatoms. The molecule has 4 nitrogen and oxygen atoms in total. The molecular formula is C20H22FNO3. The van der Waals surface area contributed by atoms with Gasteiger partial charge < -0.3 is 14.7 Å². The van der Waals surface area contributed by atoms with Gasteiger partial charge in [-0.1, -0.05) is 18.2 Å². The zero-order valence-corrected chi connectivity index (χ0v) is 14.2. The third-order valence-electron chi connectivity index (χ3n) is 4.80. The number of aliphatic hydroxyl groups is 1. The standard InChI is InChI=1S/C20H22FNO3/c1-25-18-4-2-3-16(13-18)20(24)22-11-9-15(10-12-22)19(23)14-5-7-17(21)8-6-14/h2-8,13,15,19,23H,9-12H2,1H3. The lowest BCUT2D eigenvalue weighted by Gasteiger charge is -2.34. The molecule has 1 unspecified atom stereocenters. The molecule has 0 saturated carbocycles. The molecule has 2 aromatic carbocycles. The normalized spacial score (nSPS) is 16.5. The summed E-state index contributed by atoms with van der Waals surface area (Å²) in [6.45, 7) is 1.19. The molecule has 0 aliphatic carbocycles. The molecule has 1 heterocycles. The van der Waals surface area contributed by atoms with Crippen molar-refractivity contribution in [2.24, 2.45) is 5.92 Å². The fraction of sp³-hybridized carbons (Fsp3) is 0.350. The van der Waals surface area contributed by atoms with Crippen LogP contribution >= 0.6 is 0 Å². The van der Waals surface area contributed by atoms with Crippen LogP contribution in [-0.4, -0.2) is 36.1 Å². The van der Waals surface area contributed by atoms with Crippen molar-refractivity contribution in [1.29, 1.82) is 0 Å². The fourth-order valence-corrected chi connectivity index (χ4v) is 3.29. The third-order valence-corrected chi connectivity index (χ3v) is 4.80. The van der Waals surface area contributed by atoms with Crippen LogP contribution in [0.15, 0.2) is 48.5 Å². The largest absolute Gasteiger partial charge is 0.497 e. The molecule has 1 aliphatic heterocycles. The van der Waals surface area contributed by atoms with Gasteiger partial charge in [-0.05, 0) is 54.7 Å². The van der Waals surface area contributed by atoms with Gasteiger partial charge in [-0.15, -0.1) is 0 Å². The molecule has 0 radical (unpaired) electrons. The van der Waals surface area contributed by atoms with Crippen molar-refractivity contribution in [2.45, 2.75) is 18.9 Å². The molecule has 1 N–H and O–H groups in total. The van der Waals surface area contributed by atoms with Crippen LogP contribution in [0, 0.1) is 11.7 Å². The van der Waals surface area contributed by atoms with Crippen LogP contribution in [0.25, 0.3) is 0 Å². The number of hydrogen-bond donors (Lipinski definition) is 1. The van der Waals surface area contributed by atoms with Crippen molar-refractivity contribution in [2.75, 3.05) is 20.2 Å². The summed E-state index contributed by atoms with van der Waals surface area (Å²) in [7, 11) is 1.58. The van der Waals surface area contributed by atoms with E-state index in [1.165, 1.54) is 12.1 Å². The molecule has 1 saturated heterocycles. The first-order valence-electron chi connectivity index (χ1n) is 8.45. The van der Waals surface area contributed by atoms with E-state index < -0.39 is 6.10 Å². The lowest BCUT2D eigenvalue weighted by atomic mass is 9.87. The summed E-state index contributed by atoms with van der Waals surface area (Å²) in [6, 6.07) is 13.1. The van der Waals surface area contributed by atoms with Crippen LogP contribution in [0.3, 0.4) is 0 Å². The summed E-state index contributed by atoms with van der Waals surface area (Å²) in [6.07, 6.45) is 0.803. The van der Waals surface area contributed by atoms with Gasteiger partial charge in [0.1, 0.15) is 11.6 Å². The maximum absolute atomic E-state index is 13.0. The van der Waals surface area contributed by atoms with E-state index >= 15 is 0 Å². The van der Waals surface area contributed by atoms with Gasteiger partial charge in [0.05, 0.1) is 13.2 Å². The number of piperidine rings is 1. The highest BCUT2D eigenvalue weighted by Gasteiger charge is 2.28. The van der Waals surface area contributed by atoms with E-state index in [1.807, 2.05) is 11.0 Å². The molecule has 25 heavy (non-hydrogen) atoms. The number of methoxy groups -OCH3 is 1. The zero-order valence-electron chi connectivity index (χ0n) is 14.2. The zero-order chi connectivity index (χ0) is 17.8. The van der Waals surface area contributed by atoms with Crippen LogP contribution in [0.1, 0.15) is 34.9 Å². The van der Waals surface area contributed by atoms with Crippen molar-refractivity contribution in [3.05, 3.63) is 65.5 Å². The second-order valence-corrected chi connectivity index (χ2v) is 6.36. The molecule has 1 atom stereocenters. The SMILES string of the molecule is COc1cccc(C(=O)N2CCC(C(O)c3ccc(F)cc3)CC2)c1. The number of ether oxygens (including phenoxy) is 1. The van der Waals surface area contributed by atoms with Gasteiger partial charge in [-0.2, -0.15) is 0 Å². The Kier molecular flexibility index (Phi) is 5.34. The number of carbonyl (C=O) groups is 1. The number of amides is 1. The second-order valence-electron chi connectivity index (χ2n) is 6.36. The van der Waals surface area contributed by atoms with Crippen molar-refractivity contribution in [3.8, 4) is 5.75 Å². The number of hydrogen-bond acceptors (Lipinski definition) is 3. The lowest BCUT2D eigenvalue weighted by Crippen LogP contribution is -2.39. The molecule has 1 aliphatic rings. The minimum atomic E-state index is -0.630. The summed E-state index contributed by atoms with van der Waals surface area (Å²) in [5.41, 5.74) is 1.33. The first kappa shape index (κ1) is 17.4. The predicted molar refractivity (Wildman–Crippen MR) is 93.0 cm³/mol. The van der Waals surface area contributed by atoms with E-state index in [1.54, 1.807) is 37.4 Å². The minimum absolute atomic E-state index is 0.0198. The Bertz CT molecular complexity index is 724. The summed E-state index contributed by atoms with van der Waals surface area (Å²) < 4.78 is 18.2. The molecular weight excluding hydrogens is 321 g/mol. The van der Waals surface area contributed by atoms with Crippen molar-refractivity contribution >= 4 is 5.91 Å². The van der Waals surface area contributed by atoms with E-state index in [0.717, 1.165) is 5.56 Å². The van der Waals surface area contributed by atoms with E-state index in [0.29, 0.717) is 37.2 Å². The summed E-state index contributed by atoms with van der Waals surface area (Å²) in [5.74, 6) is 0.399. The average Bonchev–Trinajstić information content (AvgIpc) is 2.67. The van der Waals surface area contributed by atoms with Gasteiger partial charge in [0, 0.05) is 18.7 Å². The Morgan fingerprint density at radius 2 is 1.88 bits per heavy atom. The molecule has 0 bridgehead atoms. The highest BCUT2D eigenvalue weighted by atomic mass is 19.1. The number of aliphatic hydroxyl groups excluding tert-OH is 1. The fourth-order valence-electron chi connectivity index (χ4n) is 3.29. The van der Waals surface area contributed by atoms with E-state index in [4.69, 9.17) is 4.74 Å². The highest BCUT2D eigenvalue weighted by Crippen LogP contribution is 2.31. The Hall–Kier alpha value is -2.40. The summed E-state index contributed by atoms with van der Waals surface area (Å²) in [5, 5.41) is 10.5. The van der Waals surface area contributed by atoms with Gasteiger partial charge in [0.15, 0.2) is 0 Å². The summed E-state index contributed by atoms with van der Waals surface area (Å²) >= 11 is 0. The molecule has 132 valence electrons. The first-order chi connectivity index (χ1) is 12.1. The first-order valence-corrected chi connectivity index (χ1v) is 8.45. The molecule has 3 rings (SSSR count). The summed E-state index contributed by atoms with van der Waals surface area (Å²) in [4.78, 5) is 14.4. The van der Waals surface area contributed by atoms with E-state index in [-0.39, 0.29) is 17.6 Å². The monoisotopic (exact) mass is 343 g/mol. The van der Waals surface area contributed by atoms with Gasteiger partial charge in [-0.3, -0.25) is 4.79 Å². The average molecular weight is 343 g/mol. The smallest absolute Gasteiger partial charge is 0.253 e. The van der Waals surface area contributed by atoms with Crippen molar-refractivity contribution < 1.29 is 19.0 Å². The number of benzene rings is 2. The van der Waals surface area contributed by atoms with Crippen LogP contribution in [0.2, 0.25) is 0 Å². The van der Waals surface area contributed by atoms with E-state index in [9.17, 15) is 14.3 Å². The van der Waals surface area contributed by atoms with Crippen molar-refractivity contribution in [1.82, 2.24) is 4.90 Å². The topological polar surface area (TPSA) is 49.8 Å². The maximum atomic E-state index is 13.0. The molecule has 2 aromatic rings. The Labute approximate surface area is 146 Å². The second kappa shape index (κ2) is 7.66. The lowest BCUT2D eigenvalue weighted by molar-refractivity contribution is 0.0462.